The third kappa shape index (κ3) is 2.13. The van der Waals surface area contributed by atoms with Crippen molar-refractivity contribution in [2.45, 2.75) is 13.3 Å². The summed E-state index contributed by atoms with van der Waals surface area (Å²) in [7, 11) is 1.92. The molecule has 18 heavy (non-hydrogen) atoms. The Morgan fingerprint density at radius 2 is 2.33 bits per heavy atom. The lowest BCUT2D eigenvalue weighted by atomic mass is 10.2. The van der Waals surface area contributed by atoms with Gasteiger partial charge in [-0.2, -0.15) is 0 Å². The number of aliphatic imine (C=N–C) groups is 1. The van der Waals surface area contributed by atoms with Crippen LogP contribution in [0.3, 0.4) is 0 Å². The summed E-state index contributed by atoms with van der Waals surface area (Å²) >= 11 is 0. The molecule has 0 saturated heterocycles. The minimum atomic E-state index is -0.171. The van der Waals surface area contributed by atoms with Crippen LogP contribution in [0.25, 0.3) is 0 Å². The minimum Gasteiger partial charge on any atom is -0.395 e. The Morgan fingerprint density at radius 3 is 3.00 bits per heavy atom. The van der Waals surface area contributed by atoms with Crippen LogP contribution in [0.2, 0.25) is 0 Å². The average molecular weight is 253 g/mol. The molecule has 2 aliphatic rings. The van der Waals surface area contributed by atoms with Gasteiger partial charge in [0, 0.05) is 20.1 Å². The highest BCUT2D eigenvalue weighted by atomic mass is 16.3. The van der Waals surface area contributed by atoms with E-state index in [1.807, 2.05) is 18.9 Å². The molecule has 100 valence electrons. The Kier molecular flexibility index (Phi) is 3.71. The zero-order chi connectivity index (χ0) is 13.1. The third-order valence-corrected chi connectivity index (χ3v) is 2.86. The summed E-state index contributed by atoms with van der Waals surface area (Å²) in [5, 5.41) is 14.7. The summed E-state index contributed by atoms with van der Waals surface area (Å²) in [5.74, 6) is 1.34. The van der Waals surface area contributed by atoms with Crippen molar-refractivity contribution in [2.75, 3.05) is 33.4 Å². The van der Waals surface area contributed by atoms with E-state index in [1.54, 1.807) is 4.90 Å². The van der Waals surface area contributed by atoms with Gasteiger partial charge in [-0.1, -0.05) is 6.92 Å². The summed E-state index contributed by atoms with van der Waals surface area (Å²) in [5.41, 5.74) is 0.886. The predicted molar refractivity (Wildman–Crippen MR) is 67.7 cm³/mol. The molecule has 7 heteroatoms. The number of aliphatic hydroxyl groups is 1. The van der Waals surface area contributed by atoms with Crippen LogP contribution in [0.5, 0.6) is 0 Å². The van der Waals surface area contributed by atoms with Crippen molar-refractivity contribution in [1.82, 2.24) is 20.4 Å². The Labute approximate surface area is 106 Å². The molecular formula is C11H19N5O2. The zero-order valence-corrected chi connectivity index (χ0v) is 10.7. The fourth-order valence-corrected chi connectivity index (χ4v) is 2.07. The van der Waals surface area contributed by atoms with Crippen molar-refractivity contribution < 1.29 is 9.90 Å². The fraction of sp³-hybridized carbons (Fsp3) is 0.636. The molecule has 2 aliphatic heterocycles. The van der Waals surface area contributed by atoms with E-state index < -0.39 is 0 Å². The molecule has 3 N–H and O–H groups in total. The lowest BCUT2D eigenvalue weighted by molar-refractivity contribution is 0.219. The molecule has 2 rings (SSSR count). The Hall–Kier alpha value is -1.76. The van der Waals surface area contributed by atoms with Gasteiger partial charge < -0.3 is 15.3 Å². The predicted octanol–water partition coefficient (Wildman–Crippen LogP) is -0.526. The number of hydrogen-bond acceptors (Lipinski definition) is 5. The van der Waals surface area contributed by atoms with E-state index in [0.29, 0.717) is 31.4 Å². The lowest BCUT2D eigenvalue weighted by Gasteiger charge is -2.32. The van der Waals surface area contributed by atoms with Gasteiger partial charge in [0.05, 0.1) is 6.61 Å². The molecule has 0 aromatic carbocycles. The van der Waals surface area contributed by atoms with Gasteiger partial charge in [0.15, 0.2) is 5.84 Å². The third-order valence-electron chi connectivity index (χ3n) is 2.86. The Morgan fingerprint density at radius 1 is 1.56 bits per heavy atom. The molecule has 0 radical (unpaired) electrons. The monoisotopic (exact) mass is 253 g/mol. The van der Waals surface area contributed by atoms with Crippen LogP contribution in [-0.4, -0.2) is 60.2 Å². The smallest absolute Gasteiger partial charge is 0.328 e. The summed E-state index contributed by atoms with van der Waals surface area (Å²) in [6, 6.07) is -0.171. The molecule has 2 amide bonds. The number of fused-ring (bicyclic) bond motifs is 1. The first-order chi connectivity index (χ1) is 8.69. The summed E-state index contributed by atoms with van der Waals surface area (Å²) in [6.45, 7) is 3.63. The topological polar surface area (TPSA) is 80.2 Å². The van der Waals surface area contributed by atoms with Crippen LogP contribution in [-0.2, 0) is 0 Å². The normalized spacial score (nSPS) is 18.8. The molecule has 0 unspecified atom stereocenters. The average Bonchev–Trinajstić information content (AvgIpc) is 2.73. The van der Waals surface area contributed by atoms with Crippen LogP contribution < -0.4 is 10.6 Å². The SMILES string of the molecule is CCCN1C(=O)NC(NCCO)=C2C1=NCN2C. The number of nitrogens with one attached hydrogen (secondary N) is 2. The van der Waals surface area contributed by atoms with Gasteiger partial charge in [-0.15, -0.1) is 0 Å². The summed E-state index contributed by atoms with van der Waals surface area (Å²) in [6.07, 6.45) is 0.878. The zero-order valence-electron chi connectivity index (χ0n) is 10.7. The van der Waals surface area contributed by atoms with Gasteiger partial charge >= 0.3 is 6.03 Å². The maximum Gasteiger partial charge on any atom is 0.328 e. The number of carbonyl (C=O) groups is 1. The molecule has 0 aromatic rings. The standard InChI is InChI=1S/C11H19N5O2/c1-3-5-16-10-8(15(2)7-13-10)9(12-4-6-17)14-11(16)18/h12,17H,3-7H2,1-2H3,(H,14,18). The fourth-order valence-electron chi connectivity index (χ4n) is 2.07. The van der Waals surface area contributed by atoms with Crippen molar-refractivity contribution in [2.24, 2.45) is 4.99 Å². The largest absolute Gasteiger partial charge is 0.395 e. The second-order valence-corrected chi connectivity index (χ2v) is 4.28. The number of rotatable bonds is 5. The molecule has 2 heterocycles. The van der Waals surface area contributed by atoms with Gasteiger partial charge in [0.25, 0.3) is 0 Å². The Bertz CT molecular complexity index is 404. The van der Waals surface area contributed by atoms with Crippen molar-refractivity contribution >= 4 is 11.9 Å². The van der Waals surface area contributed by atoms with Gasteiger partial charge in [0.1, 0.15) is 18.2 Å². The van der Waals surface area contributed by atoms with E-state index in [0.717, 1.165) is 12.1 Å². The second-order valence-electron chi connectivity index (χ2n) is 4.28. The highest BCUT2D eigenvalue weighted by molar-refractivity contribution is 6.11. The highest BCUT2D eigenvalue weighted by Gasteiger charge is 2.35. The summed E-state index contributed by atoms with van der Waals surface area (Å²) in [4.78, 5) is 20.0. The van der Waals surface area contributed by atoms with E-state index >= 15 is 0 Å². The lowest BCUT2D eigenvalue weighted by Crippen LogP contribution is -2.53. The molecule has 0 aromatic heterocycles. The molecular weight excluding hydrogens is 234 g/mol. The molecule has 0 saturated carbocycles. The van der Waals surface area contributed by atoms with E-state index in [-0.39, 0.29) is 12.6 Å². The maximum atomic E-state index is 12.0. The minimum absolute atomic E-state index is 0.0154. The number of likely N-dealkylation sites (N-methyl/N-ethyl adjacent to an activating group) is 1. The van der Waals surface area contributed by atoms with Crippen molar-refractivity contribution in [1.29, 1.82) is 0 Å². The number of amidine groups is 1. The number of carbonyl (C=O) groups excluding carboxylic acids is 1. The first kappa shape index (κ1) is 12.7. The Balaban J connectivity index is 2.29. The van der Waals surface area contributed by atoms with Crippen molar-refractivity contribution in [3.05, 3.63) is 11.5 Å². The number of nitrogens with zero attached hydrogens (tertiary/aromatic N) is 3. The van der Waals surface area contributed by atoms with Crippen LogP contribution in [0, 0.1) is 0 Å². The number of aliphatic hydroxyl groups excluding tert-OH is 1. The van der Waals surface area contributed by atoms with E-state index in [4.69, 9.17) is 5.11 Å². The van der Waals surface area contributed by atoms with E-state index in [9.17, 15) is 4.79 Å². The molecule has 7 nitrogen and oxygen atoms in total. The quantitative estimate of drug-likeness (QED) is 0.615. The van der Waals surface area contributed by atoms with Crippen LogP contribution in [0.15, 0.2) is 16.5 Å². The second kappa shape index (κ2) is 5.26. The van der Waals surface area contributed by atoms with Crippen LogP contribution >= 0.6 is 0 Å². The number of amides is 2. The first-order valence-electron chi connectivity index (χ1n) is 6.12. The van der Waals surface area contributed by atoms with Gasteiger partial charge in [0.2, 0.25) is 0 Å². The molecule has 0 fully saturated rings. The molecule has 0 bridgehead atoms. The first-order valence-corrected chi connectivity index (χ1v) is 6.12. The molecule has 0 atom stereocenters. The van der Waals surface area contributed by atoms with Crippen LogP contribution in [0.4, 0.5) is 4.79 Å². The van der Waals surface area contributed by atoms with Gasteiger partial charge in [-0.25, -0.2) is 9.79 Å². The molecule has 0 spiro atoms. The molecule has 0 aliphatic carbocycles. The maximum absolute atomic E-state index is 12.0. The van der Waals surface area contributed by atoms with E-state index in [1.165, 1.54) is 0 Å². The highest BCUT2D eigenvalue weighted by Crippen LogP contribution is 2.21. The van der Waals surface area contributed by atoms with Crippen molar-refractivity contribution in [3.63, 3.8) is 0 Å². The van der Waals surface area contributed by atoms with E-state index in [2.05, 4.69) is 15.6 Å². The van der Waals surface area contributed by atoms with Gasteiger partial charge in [-0.05, 0) is 6.42 Å². The van der Waals surface area contributed by atoms with Crippen LogP contribution in [0.1, 0.15) is 13.3 Å². The number of urea groups is 1. The number of hydrogen-bond donors (Lipinski definition) is 3. The van der Waals surface area contributed by atoms with Crippen molar-refractivity contribution in [3.8, 4) is 0 Å². The van der Waals surface area contributed by atoms with Gasteiger partial charge in [-0.3, -0.25) is 10.2 Å². The summed E-state index contributed by atoms with van der Waals surface area (Å²) < 4.78 is 0.